The number of H-pyrrole nitrogens is 1. The smallest absolute Gasteiger partial charge is 0.351 e. The van der Waals surface area contributed by atoms with Crippen molar-refractivity contribution < 1.29 is 24.3 Å². The molecule has 4 rings (SSSR count). The molecule has 1 aromatic heterocycles. The van der Waals surface area contributed by atoms with Gasteiger partial charge in [0.25, 0.3) is 11.7 Å². The highest BCUT2D eigenvalue weighted by Gasteiger charge is 2.46. The number of benzene rings is 1. The molecule has 0 saturated heterocycles. The number of nitrogens with one attached hydrogen (secondary N) is 2. The number of cyclic esters (lactones) is 1. The van der Waals surface area contributed by atoms with Crippen LogP contribution in [0, 0.1) is 0 Å². The fraction of sp³-hybridized carbons (Fsp3) is 0.389. The Morgan fingerprint density at radius 2 is 2.04 bits per heavy atom. The van der Waals surface area contributed by atoms with Gasteiger partial charge in [0.1, 0.15) is 0 Å². The van der Waals surface area contributed by atoms with E-state index in [1.54, 1.807) is 13.8 Å². The summed E-state index contributed by atoms with van der Waals surface area (Å²) in [6.07, 6.45) is 0.914. The number of aromatic nitrogens is 1. The SMILES string of the molecule is C[NH+]1CCc2c([nH]c3ccccc23)[C@@H]1C1=C(O)OC(C)(C)OC1=O. The van der Waals surface area contributed by atoms with E-state index >= 15 is 0 Å². The van der Waals surface area contributed by atoms with E-state index in [-0.39, 0.29) is 17.6 Å². The van der Waals surface area contributed by atoms with E-state index in [9.17, 15) is 9.90 Å². The van der Waals surface area contributed by atoms with E-state index in [1.165, 1.54) is 5.56 Å². The summed E-state index contributed by atoms with van der Waals surface area (Å²) in [5.74, 6) is -2.03. The molecule has 0 fully saturated rings. The topological polar surface area (TPSA) is 76.0 Å². The van der Waals surface area contributed by atoms with Crippen molar-refractivity contribution >= 4 is 16.9 Å². The summed E-state index contributed by atoms with van der Waals surface area (Å²) in [6.45, 7) is 4.06. The number of carbonyl (C=O) groups is 1. The van der Waals surface area contributed by atoms with Crippen LogP contribution in [0.15, 0.2) is 35.8 Å². The second-order valence-corrected chi connectivity index (χ2v) is 6.95. The zero-order valence-electron chi connectivity index (χ0n) is 14.0. The van der Waals surface area contributed by atoms with Crippen LogP contribution in [0.1, 0.15) is 31.1 Å². The van der Waals surface area contributed by atoms with Gasteiger partial charge in [0.15, 0.2) is 11.6 Å². The number of para-hydroxylation sites is 1. The molecule has 126 valence electrons. The number of likely N-dealkylation sites (N-methyl/N-ethyl adjacent to an activating group) is 1. The maximum absolute atomic E-state index is 12.5. The fourth-order valence-electron chi connectivity index (χ4n) is 3.76. The molecular weight excluding hydrogens is 308 g/mol. The number of aromatic amines is 1. The lowest BCUT2D eigenvalue weighted by atomic mass is 9.92. The van der Waals surface area contributed by atoms with Crippen LogP contribution in [-0.2, 0) is 20.7 Å². The zero-order chi connectivity index (χ0) is 17.1. The number of hydrogen-bond acceptors (Lipinski definition) is 4. The Hall–Kier alpha value is -2.47. The average molecular weight is 329 g/mol. The summed E-state index contributed by atoms with van der Waals surface area (Å²) in [5.41, 5.74) is 3.35. The van der Waals surface area contributed by atoms with Gasteiger partial charge in [-0.15, -0.1) is 0 Å². The summed E-state index contributed by atoms with van der Waals surface area (Å²) >= 11 is 0. The van der Waals surface area contributed by atoms with E-state index in [0.717, 1.165) is 34.5 Å². The van der Waals surface area contributed by atoms with Crippen molar-refractivity contribution in [2.75, 3.05) is 13.6 Å². The van der Waals surface area contributed by atoms with Crippen molar-refractivity contribution in [3.63, 3.8) is 0 Å². The molecule has 1 unspecified atom stereocenters. The number of quaternary nitrogens is 1. The summed E-state index contributed by atoms with van der Waals surface area (Å²) in [6, 6.07) is 7.74. The molecule has 2 atom stereocenters. The zero-order valence-corrected chi connectivity index (χ0v) is 14.0. The molecule has 2 aliphatic rings. The Kier molecular flexibility index (Phi) is 3.15. The van der Waals surface area contributed by atoms with Gasteiger partial charge < -0.3 is 24.5 Å². The quantitative estimate of drug-likeness (QED) is 0.691. The number of carbonyl (C=O) groups excluding carboxylic acids is 1. The first kappa shape index (κ1) is 15.1. The third-order valence-corrected chi connectivity index (χ3v) is 4.82. The lowest BCUT2D eigenvalue weighted by molar-refractivity contribution is -0.908. The van der Waals surface area contributed by atoms with Gasteiger partial charge in [-0.05, 0) is 11.6 Å². The molecule has 1 aromatic carbocycles. The van der Waals surface area contributed by atoms with Crippen molar-refractivity contribution in [2.45, 2.75) is 32.1 Å². The van der Waals surface area contributed by atoms with Crippen molar-refractivity contribution in [3.05, 3.63) is 47.0 Å². The molecule has 6 nitrogen and oxygen atoms in total. The molecule has 0 aliphatic carbocycles. The van der Waals surface area contributed by atoms with Gasteiger partial charge in [-0.2, -0.15) is 0 Å². The minimum absolute atomic E-state index is 0.180. The van der Waals surface area contributed by atoms with E-state index in [1.807, 2.05) is 25.2 Å². The lowest BCUT2D eigenvalue weighted by Crippen LogP contribution is -3.10. The third kappa shape index (κ3) is 2.17. The summed E-state index contributed by atoms with van der Waals surface area (Å²) < 4.78 is 10.8. The molecule has 3 N–H and O–H groups in total. The standard InChI is InChI=1S/C18H20N2O4/c1-18(2)23-16(21)13(17(22)24-18)15-14-11(8-9-20(15)3)10-6-4-5-7-12(10)19-14/h4-7,15,19,21H,8-9H2,1-3H3/p+1/t15-/m0/s1. The summed E-state index contributed by atoms with van der Waals surface area (Å²) in [5, 5.41) is 11.5. The minimum atomic E-state index is -1.16. The van der Waals surface area contributed by atoms with E-state index in [0.29, 0.717) is 0 Å². The van der Waals surface area contributed by atoms with Crippen molar-refractivity contribution in [1.82, 2.24) is 4.98 Å². The lowest BCUT2D eigenvalue weighted by Gasteiger charge is -2.35. The van der Waals surface area contributed by atoms with Gasteiger partial charge in [-0.1, -0.05) is 18.2 Å². The molecular formula is C18H21N2O4+. The first-order valence-corrected chi connectivity index (χ1v) is 8.14. The highest BCUT2D eigenvalue weighted by atomic mass is 16.8. The summed E-state index contributed by atoms with van der Waals surface area (Å²) in [7, 11) is 2.01. The average Bonchev–Trinajstić information content (AvgIpc) is 2.86. The van der Waals surface area contributed by atoms with Crippen LogP contribution >= 0.6 is 0 Å². The van der Waals surface area contributed by atoms with E-state index < -0.39 is 11.8 Å². The predicted octanol–water partition coefficient (Wildman–Crippen LogP) is 1.36. The number of fused-ring (bicyclic) bond motifs is 3. The molecule has 0 spiro atoms. The highest BCUT2D eigenvalue weighted by Crippen LogP contribution is 2.36. The van der Waals surface area contributed by atoms with Gasteiger partial charge in [0, 0.05) is 31.2 Å². The third-order valence-electron chi connectivity index (χ3n) is 4.82. The largest absolute Gasteiger partial charge is 0.480 e. The molecule has 24 heavy (non-hydrogen) atoms. The van der Waals surface area contributed by atoms with Crippen molar-refractivity contribution in [2.24, 2.45) is 0 Å². The highest BCUT2D eigenvalue weighted by molar-refractivity contribution is 5.92. The first-order chi connectivity index (χ1) is 11.4. The van der Waals surface area contributed by atoms with Crippen LogP contribution in [-0.4, -0.2) is 35.4 Å². The van der Waals surface area contributed by atoms with Crippen LogP contribution in [0.2, 0.25) is 0 Å². The van der Waals surface area contributed by atoms with Crippen molar-refractivity contribution in [3.8, 4) is 0 Å². The van der Waals surface area contributed by atoms with Crippen LogP contribution in [0.25, 0.3) is 10.9 Å². The van der Waals surface area contributed by atoms with E-state index in [4.69, 9.17) is 9.47 Å². The molecule has 0 saturated carbocycles. The number of aliphatic hydroxyl groups is 1. The Labute approximate surface area is 139 Å². The number of rotatable bonds is 1. The number of esters is 1. The molecule has 0 bridgehead atoms. The number of ether oxygens (including phenoxy) is 2. The molecule has 2 aliphatic heterocycles. The van der Waals surface area contributed by atoms with Crippen LogP contribution in [0.4, 0.5) is 0 Å². The normalized spacial score (nSPS) is 26.0. The van der Waals surface area contributed by atoms with Crippen LogP contribution in [0.5, 0.6) is 0 Å². The molecule has 0 amide bonds. The second-order valence-electron chi connectivity index (χ2n) is 6.95. The Balaban J connectivity index is 1.89. The van der Waals surface area contributed by atoms with Crippen LogP contribution in [0.3, 0.4) is 0 Å². The monoisotopic (exact) mass is 329 g/mol. The van der Waals surface area contributed by atoms with Gasteiger partial charge >= 0.3 is 5.97 Å². The number of hydrogen-bond donors (Lipinski definition) is 3. The Bertz CT molecular complexity index is 865. The second kappa shape index (κ2) is 5.01. The van der Waals surface area contributed by atoms with Gasteiger partial charge in [-0.3, -0.25) is 0 Å². The maximum Gasteiger partial charge on any atom is 0.351 e. The fourth-order valence-corrected chi connectivity index (χ4v) is 3.76. The molecule has 3 heterocycles. The molecule has 6 heteroatoms. The van der Waals surface area contributed by atoms with Gasteiger partial charge in [-0.25, -0.2) is 4.79 Å². The maximum atomic E-state index is 12.5. The molecule has 2 aromatic rings. The van der Waals surface area contributed by atoms with Gasteiger partial charge in [0.05, 0.1) is 19.3 Å². The van der Waals surface area contributed by atoms with E-state index in [2.05, 4.69) is 11.1 Å². The Morgan fingerprint density at radius 3 is 2.79 bits per heavy atom. The molecule has 0 radical (unpaired) electrons. The van der Waals surface area contributed by atoms with Gasteiger partial charge in [0.2, 0.25) is 0 Å². The first-order valence-electron chi connectivity index (χ1n) is 8.14. The summed E-state index contributed by atoms with van der Waals surface area (Å²) in [4.78, 5) is 17.1. The minimum Gasteiger partial charge on any atom is -0.480 e. The Morgan fingerprint density at radius 1 is 1.29 bits per heavy atom. The van der Waals surface area contributed by atoms with Crippen LogP contribution < -0.4 is 4.90 Å². The van der Waals surface area contributed by atoms with Crippen molar-refractivity contribution in [1.29, 1.82) is 0 Å². The predicted molar refractivity (Wildman–Crippen MR) is 87.4 cm³/mol. The number of aliphatic hydroxyl groups excluding tert-OH is 1.